The molecular formula is C13H17N3. The summed E-state index contributed by atoms with van der Waals surface area (Å²) >= 11 is 0. The zero-order valence-corrected chi connectivity index (χ0v) is 9.77. The van der Waals surface area contributed by atoms with E-state index in [0.29, 0.717) is 0 Å². The highest BCUT2D eigenvalue weighted by Crippen LogP contribution is 2.13. The van der Waals surface area contributed by atoms with Crippen molar-refractivity contribution in [2.45, 2.75) is 26.9 Å². The molecule has 0 radical (unpaired) electrons. The monoisotopic (exact) mass is 215 g/mol. The Morgan fingerprint density at radius 2 is 2.25 bits per heavy atom. The Bertz CT molecular complexity index is 460. The van der Waals surface area contributed by atoms with Crippen molar-refractivity contribution in [2.75, 3.05) is 5.32 Å². The summed E-state index contributed by atoms with van der Waals surface area (Å²) in [7, 11) is 0. The number of pyridine rings is 1. The maximum absolute atomic E-state index is 4.11. The number of aryl methyl sites for hydroxylation is 2. The van der Waals surface area contributed by atoms with E-state index in [1.807, 2.05) is 18.5 Å². The van der Waals surface area contributed by atoms with Gasteiger partial charge in [0.2, 0.25) is 0 Å². The highest BCUT2D eigenvalue weighted by Gasteiger charge is 1.98. The first kappa shape index (κ1) is 10.7. The smallest absolute Gasteiger partial charge is 0.0559 e. The van der Waals surface area contributed by atoms with E-state index < -0.39 is 0 Å². The van der Waals surface area contributed by atoms with Crippen molar-refractivity contribution < 1.29 is 0 Å². The van der Waals surface area contributed by atoms with E-state index in [2.05, 4.69) is 47.2 Å². The van der Waals surface area contributed by atoms with Crippen LogP contribution in [0.4, 0.5) is 5.69 Å². The zero-order chi connectivity index (χ0) is 11.4. The van der Waals surface area contributed by atoms with Crippen LogP contribution in [0.25, 0.3) is 0 Å². The van der Waals surface area contributed by atoms with Crippen LogP contribution in [-0.2, 0) is 13.1 Å². The highest BCUT2D eigenvalue weighted by molar-refractivity contribution is 5.48. The molecular weight excluding hydrogens is 198 g/mol. The van der Waals surface area contributed by atoms with Crippen LogP contribution in [0.2, 0.25) is 0 Å². The van der Waals surface area contributed by atoms with Gasteiger partial charge in [-0.3, -0.25) is 4.98 Å². The van der Waals surface area contributed by atoms with Gasteiger partial charge in [0.1, 0.15) is 0 Å². The lowest BCUT2D eigenvalue weighted by Gasteiger charge is -2.07. The summed E-state index contributed by atoms with van der Waals surface area (Å²) in [4.78, 5) is 4.11. The van der Waals surface area contributed by atoms with Crippen LogP contribution in [0.5, 0.6) is 0 Å². The van der Waals surface area contributed by atoms with E-state index >= 15 is 0 Å². The average Bonchev–Trinajstić information content (AvgIpc) is 2.76. The molecule has 0 aliphatic heterocycles. The van der Waals surface area contributed by atoms with Gasteiger partial charge >= 0.3 is 0 Å². The number of hydrogen-bond acceptors (Lipinski definition) is 2. The fourth-order valence-corrected chi connectivity index (χ4v) is 1.64. The molecule has 0 fully saturated rings. The quantitative estimate of drug-likeness (QED) is 0.850. The largest absolute Gasteiger partial charge is 0.379 e. The molecule has 16 heavy (non-hydrogen) atoms. The Hall–Kier alpha value is -1.77. The van der Waals surface area contributed by atoms with Gasteiger partial charge in [-0.05, 0) is 37.1 Å². The van der Waals surface area contributed by atoms with E-state index in [0.717, 1.165) is 18.8 Å². The maximum Gasteiger partial charge on any atom is 0.0559 e. The molecule has 2 aromatic rings. The Balaban J connectivity index is 1.99. The van der Waals surface area contributed by atoms with Crippen LogP contribution in [0, 0.1) is 6.92 Å². The van der Waals surface area contributed by atoms with Gasteiger partial charge in [0.15, 0.2) is 0 Å². The third-order valence-electron chi connectivity index (χ3n) is 2.70. The molecule has 0 aromatic carbocycles. The van der Waals surface area contributed by atoms with Crippen molar-refractivity contribution in [1.29, 1.82) is 0 Å². The Labute approximate surface area is 96.1 Å². The number of rotatable bonds is 4. The molecule has 0 unspecified atom stereocenters. The number of nitrogens with one attached hydrogen (secondary N) is 1. The van der Waals surface area contributed by atoms with Crippen LogP contribution in [0.1, 0.15) is 18.1 Å². The first-order valence-electron chi connectivity index (χ1n) is 5.58. The summed E-state index contributed by atoms with van der Waals surface area (Å²) in [5, 5.41) is 3.39. The second-order valence-electron chi connectivity index (χ2n) is 3.89. The average molecular weight is 215 g/mol. The Kier molecular flexibility index (Phi) is 3.25. The molecule has 0 amide bonds. The van der Waals surface area contributed by atoms with Crippen LogP contribution in [-0.4, -0.2) is 9.55 Å². The van der Waals surface area contributed by atoms with E-state index in [4.69, 9.17) is 0 Å². The fraction of sp³-hybridized carbons (Fsp3) is 0.308. The van der Waals surface area contributed by atoms with Crippen molar-refractivity contribution in [1.82, 2.24) is 9.55 Å². The summed E-state index contributed by atoms with van der Waals surface area (Å²) in [6, 6.07) is 4.15. The molecule has 0 saturated heterocycles. The lowest BCUT2D eigenvalue weighted by Crippen LogP contribution is -2.00. The SMILES string of the molecule is CCn1ccc(CNc2cnccc2C)c1. The van der Waals surface area contributed by atoms with Gasteiger partial charge in [-0.1, -0.05) is 0 Å². The maximum atomic E-state index is 4.11. The Morgan fingerprint density at radius 1 is 1.38 bits per heavy atom. The summed E-state index contributed by atoms with van der Waals surface area (Å²) in [5.41, 5.74) is 3.63. The lowest BCUT2D eigenvalue weighted by molar-refractivity contribution is 0.766. The Morgan fingerprint density at radius 3 is 2.94 bits per heavy atom. The predicted molar refractivity (Wildman–Crippen MR) is 66.4 cm³/mol. The molecule has 3 heteroatoms. The summed E-state index contributed by atoms with van der Waals surface area (Å²) < 4.78 is 2.17. The molecule has 3 nitrogen and oxygen atoms in total. The van der Waals surface area contributed by atoms with Gasteiger partial charge in [-0.2, -0.15) is 0 Å². The van der Waals surface area contributed by atoms with Gasteiger partial charge in [0.25, 0.3) is 0 Å². The minimum Gasteiger partial charge on any atom is -0.379 e. The summed E-state index contributed by atoms with van der Waals surface area (Å²) in [6.45, 7) is 6.09. The number of anilines is 1. The molecule has 0 aliphatic rings. The normalized spacial score (nSPS) is 10.4. The zero-order valence-electron chi connectivity index (χ0n) is 9.77. The van der Waals surface area contributed by atoms with E-state index in [9.17, 15) is 0 Å². The first-order chi connectivity index (χ1) is 7.79. The molecule has 0 atom stereocenters. The lowest BCUT2D eigenvalue weighted by atomic mass is 10.2. The van der Waals surface area contributed by atoms with Crippen LogP contribution < -0.4 is 5.32 Å². The van der Waals surface area contributed by atoms with Crippen molar-refractivity contribution in [2.24, 2.45) is 0 Å². The van der Waals surface area contributed by atoms with Crippen LogP contribution in [0.3, 0.4) is 0 Å². The standard InChI is InChI=1S/C13H17N3/c1-3-16-7-5-12(10-16)8-15-13-9-14-6-4-11(13)2/h4-7,9-10,15H,3,8H2,1-2H3. The van der Waals surface area contributed by atoms with Crippen molar-refractivity contribution in [3.05, 3.63) is 48.0 Å². The van der Waals surface area contributed by atoms with E-state index in [1.165, 1.54) is 11.1 Å². The molecule has 0 saturated carbocycles. The number of nitrogens with zero attached hydrogens (tertiary/aromatic N) is 2. The van der Waals surface area contributed by atoms with Gasteiger partial charge in [-0.25, -0.2) is 0 Å². The molecule has 2 rings (SSSR count). The van der Waals surface area contributed by atoms with Gasteiger partial charge in [0.05, 0.1) is 11.9 Å². The molecule has 0 spiro atoms. The van der Waals surface area contributed by atoms with E-state index in [1.54, 1.807) is 0 Å². The predicted octanol–water partition coefficient (Wildman–Crippen LogP) is 2.82. The van der Waals surface area contributed by atoms with Crippen molar-refractivity contribution >= 4 is 5.69 Å². The van der Waals surface area contributed by atoms with Crippen molar-refractivity contribution in [3.8, 4) is 0 Å². The molecule has 84 valence electrons. The van der Waals surface area contributed by atoms with Gasteiger partial charge in [-0.15, -0.1) is 0 Å². The van der Waals surface area contributed by atoms with Gasteiger partial charge < -0.3 is 9.88 Å². The molecule has 1 N–H and O–H groups in total. The molecule has 2 aromatic heterocycles. The minimum atomic E-state index is 0.847. The number of aromatic nitrogens is 2. The van der Waals surface area contributed by atoms with Crippen molar-refractivity contribution in [3.63, 3.8) is 0 Å². The summed E-state index contributed by atoms with van der Waals surface area (Å²) in [6.07, 6.45) is 7.95. The second-order valence-corrected chi connectivity index (χ2v) is 3.89. The van der Waals surface area contributed by atoms with Crippen LogP contribution >= 0.6 is 0 Å². The van der Waals surface area contributed by atoms with Gasteiger partial charge in [0, 0.05) is 31.7 Å². The highest BCUT2D eigenvalue weighted by atomic mass is 14.9. The summed E-state index contributed by atoms with van der Waals surface area (Å²) in [5.74, 6) is 0. The van der Waals surface area contributed by atoms with E-state index in [-0.39, 0.29) is 0 Å². The fourth-order valence-electron chi connectivity index (χ4n) is 1.64. The molecule has 0 aliphatic carbocycles. The van der Waals surface area contributed by atoms with Crippen LogP contribution in [0.15, 0.2) is 36.9 Å². The third kappa shape index (κ3) is 2.42. The first-order valence-corrected chi connectivity index (χ1v) is 5.58. The minimum absolute atomic E-state index is 0.847. The molecule has 2 heterocycles. The second kappa shape index (κ2) is 4.84. The number of hydrogen-bond donors (Lipinski definition) is 1. The third-order valence-corrected chi connectivity index (χ3v) is 2.70. The molecule has 0 bridgehead atoms. The topological polar surface area (TPSA) is 29.9 Å².